The minimum absolute atomic E-state index is 0.350. The van der Waals surface area contributed by atoms with Crippen LogP contribution in [0.3, 0.4) is 0 Å². The first kappa shape index (κ1) is 13.6. The molecular formula is C14H14ClFN2O. The number of nitrogens with zero attached hydrogens (tertiary/aromatic N) is 1. The molecular weight excluding hydrogens is 267 g/mol. The first-order valence-electron chi connectivity index (χ1n) is 5.74. The Labute approximate surface area is 116 Å². The second kappa shape index (κ2) is 5.05. The molecule has 0 aliphatic rings. The van der Waals surface area contributed by atoms with Crippen LogP contribution in [0.1, 0.15) is 19.4 Å². The molecule has 0 unspecified atom stereocenters. The highest BCUT2D eigenvalue weighted by atomic mass is 35.5. The summed E-state index contributed by atoms with van der Waals surface area (Å²) in [5.74, 6) is -0.0264. The average molecular weight is 281 g/mol. The summed E-state index contributed by atoms with van der Waals surface area (Å²) in [4.78, 5) is 4.04. The van der Waals surface area contributed by atoms with E-state index < -0.39 is 11.4 Å². The Bertz CT molecular complexity index is 584. The topological polar surface area (TPSA) is 48.1 Å². The second-order valence-corrected chi connectivity index (χ2v) is 5.10. The molecule has 1 heterocycles. The number of aromatic nitrogens is 1. The van der Waals surface area contributed by atoms with Crippen molar-refractivity contribution in [2.24, 2.45) is 0 Å². The van der Waals surface area contributed by atoms with Gasteiger partial charge in [-0.3, -0.25) is 0 Å². The highest BCUT2D eigenvalue weighted by Crippen LogP contribution is 2.30. The van der Waals surface area contributed by atoms with Gasteiger partial charge in [0.1, 0.15) is 11.4 Å². The molecule has 0 fully saturated rings. The lowest BCUT2D eigenvalue weighted by Crippen LogP contribution is -2.27. The lowest BCUT2D eigenvalue weighted by atomic mass is 9.97. The molecule has 0 aliphatic carbocycles. The summed E-state index contributed by atoms with van der Waals surface area (Å²) in [5, 5.41) is 0.350. The quantitative estimate of drug-likeness (QED) is 0.931. The molecule has 0 bridgehead atoms. The van der Waals surface area contributed by atoms with E-state index in [9.17, 15) is 4.39 Å². The fraction of sp³-hybridized carbons (Fsp3) is 0.214. The van der Waals surface area contributed by atoms with Gasteiger partial charge >= 0.3 is 0 Å². The Morgan fingerprint density at radius 1 is 1.26 bits per heavy atom. The SMILES string of the molecule is CC(C)(Oc1ccc(N)cn1)c1ccc(Cl)cc1F. The van der Waals surface area contributed by atoms with Crippen molar-refractivity contribution in [1.29, 1.82) is 0 Å². The molecule has 2 rings (SSSR count). The summed E-state index contributed by atoms with van der Waals surface area (Å²) < 4.78 is 19.6. The number of benzene rings is 1. The number of anilines is 1. The minimum atomic E-state index is -0.863. The van der Waals surface area contributed by atoms with E-state index in [0.29, 0.717) is 22.2 Å². The van der Waals surface area contributed by atoms with E-state index in [1.54, 1.807) is 38.1 Å². The fourth-order valence-corrected chi connectivity index (χ4v) is 1.91. The molecule has 0 saturated heterocycles. The Morgan fingerprint density at radius 3 is 2.58 bits per heavy atom. The van der Waals surface area contributed by atoms with Crippen molar-refractivity contribution >= 4 is 17.3 Å². The van der Waals surface area contributed by atoms with E-state index in [1.807, 2.05) is 0 Å². The maximum Gasteiger partial charge on any atom is 0.214 e. The zero-order valence-electron chi connectivity index (χ0n) is 10.7. The van der Waals surface area contributed by atoms with E-state index >= 15 is 0 Å². The summed E-state index contributed by atoms with van der Waals surface area (Å²) in [7, 11) is 0. The van der Waals surface area contributed by atoms with Gasteiger partial charge in [-0.25, -0.2) is 9.37 Å². The van der Waals surface area contributed by atoms with Gasteiger partial charge in [0.2, 0.25) is 5.88 Å². The number of ether oxygens (including phenoxy) is 1. The highest BCUT2D eigenvalue weighted by molar-refractivity contribution is 6.30. The number of hydrogen-bond acceptors (Lipinski definition) is 3. The monoisotopic (exact) mass is 280 g/mol. The summed E-state index contributed by atoms with van der Waals surface area (Å²) in [6.45, 7) is 3.52. The normalized spacial score (nSPS) is 11.4. The van der Waals surface area contributed by atoms with Crippen LogP contribution in [-0.4, -0.2) is 4.98 Å². The summed E-state index contributed by atoms with van der Waals surface area (Å²) in [6.07, 6.45) is 1.49. The molecule has 0 aliphatic heterocycles. The molecule has 2 aromatic rings. The Kier molecular flexibility index (Phi) is 3.62. The molecule has 0 radical (unpaired) electrons. The van der Waals surface area contributed by atoms with Gasteiger partial charge in [-0.2, -0.15) is 0 Å². The molecule has 1 aromatic heterocycles. The first-order valence-corrected chi connectivity index (χ1v) is 6.12. The molecule has 2 N–H and O–H groups in total. The number of pyridine rings is 1. The first-order chi connectivity index (χ1) is 8.88. The van der Waals surface area contributed by atoms with Crippen LogP contribution in [0, 0.1) is 5.82 Å². The zero-order chi connectivity index (χ0) is 14.0. The number of halogens is 2. The third kappa shape index (κ3) is 3.15. The average Bonchev–Trinajstić information content (AvgIpc) is 2.31. The van der Waals surface area contributed by atoms with Crippen LogP contribution >= 0.6 is 11.6 Å². The van der Waals surface area contributed by atoms with Crippen molar-refractivity contribution in [3.05, 3.63) is 52.9 Å². The van der Waals surface area contributed by atoms with Gasteiger partial charge in [0.15, 0.2) is 0 Å². The minimum Gasteiger partial charge on any atom is -0.467 e. The van der Waals surface area contributed by atoms with Gasteiger partial charge in [0, 0.05) is 16.7 Å². The summed E-state index contributed by atoms with van der Waals surface area (Å²) in [5.41, 5.74) is 5.64. The van der Waals surface area contributed by atoms with Crippen LogP contribution in [0.2, 0.25) is 5.02 Å². The van der Waals surface area contributed by atoms with Crippen molar-refractivity contribution < 1.29 is 9.13 Å². The fourth-order valence-electron chi connectivity index (χ4n) is 1.75. The second-order valence-electron chi connectivity index (χ2n) is 4.67. The third-order valence-electron chi connectivity index (χ3n) is 2.70. The van der Waals surface area contributed by atoms with Crippen molar-refractivity contribution in [3.63, 3.8) is 0 Å². The van der Waals surface area contributed by atoms with Gasteiger partial charge in [0.25, 0.3) is 0 Å². The van der Waals surface area contributed by atoms with Crippen LogP contribution in [0.25, 0.3) is 0 Å². The van der Waals surface area contributed by atoms with Crippen LogP contribution in [0.4, 0.5) is 10.1 Å². The van der Waals surface area contributed by atoms with Crippen molar-refractivity contribution in [3.8, 4) is 5.88 Å². The molecule has 1 aromatic carbocycles. The van der Waals surface area contributed by atoms with Gasteiger partial charge in [-0.05, 0) is 32.0 Å². The number of rotatable bonds is 3. The number of hydrogen-bond donors (Lipinski definition) is 1. The Hall–Kier alpha value is -1.81. The third-order valence-corrected chi connectivity index (χ3v) is 2.93. The Balaban J connectivity index is 2.29. The van der Waals surface area contributed by atoms with Gasteiger partial charge < -0.3 is 10.5 Å². The molecule has 0 amide bonds. The van der Waals surface area contributed by atoms with Crippen LogP contribution in [0.5, 0.6) is 5.88 Å². The molecule has 19 heavy (non-hydrogen) atoms. The van der Waals surface area contributed by atoms with E-state index in [4.69, 9.17) is 22.1 Å². The van der Waals surface area contributed by atoms with E-state index in [-0.39, 0.29) is 0 Å². The van der Waals surface area contributed by atoms with E-state index in [2.05, 4.69) is 4.98 Å². The predicted molar refractivity (Wildman–Crippen MR) is 73.7 cm³/mol. The van der Waals surface area contributed by atoms with E-state index in [1.165, 1.54) is 12.3 Å². The van der Waals surface area contributed by atoms with E-state index in [0.717, 1.165) is 0 Å². The molecule has 0 atom stereocenters. The number of nitrogen functional groups attached to an aromatic ring is 1. The predicted octanol–water partition coefficient (Wildman–Crippen LogP) is 3.77. The molecule has 5 heteroatoms. The number of nitrogens with two attached hydrogens (primary N) is 1. The smallest absolute Gasteiger partial charge is 0.214 e. The summed E-state index contributed by atoms with van der Waals surface area (Å²) in [6, 6.07) is 7.82. The standard InChI is InChI=1S/C14H14ClFN2O/c1-14(2,11-5-3-9(15)7-12(11)16)19-13-6-4-10(17)8-18-13/h3-8H,17H2,1-2H3. The molecule has 0 saturated carbocycles. The van der Waals surface area contributed by atoms with Crippen molar-refractivity contribution in [2.45, 2.75) is 19.4 Å². The summed E-state index contributed by atoms with van der Waals surface area (Å²) >= 11 is 5.74. The van der Waals surface area contributed by atoms with Crippen LogP contribution < -0.4 is 10.5 Å². The molecule has 100 valence electrons. The maximum atomic E-state index is 13.9. The lowest BCUT2D eigenvalue weighted by Gasteiger charge is -2.26. The molecule has 0 spiro atoms. The maximum absolute atomic E-state index is 13.9. The van der Waals surface area contributed by atoms with Crippen LogP contribution in [0.15, 0.2) is 36.5 Å². The highest BCUT2D eigenvalue weighted by Gasteiger charge is 2.26. The van der Waals surface area contributed by atoms with Crippen LogP contribution in [-0.2, 0) is 5.60 Å². The zero-order valence-corrected chi connectivity index (χ0v) is 11.4. The van der Waals surface area contributed by atoms with Gasteiger partial charge in [0.05, 0.1) is 11.9 Å². The largest absolute Gasteiger partial charge is 0.467 e. The van der Waals surface area contributed by atoms with Crippen molar-refractivity contribution in [2.75, 3.05) is 5.73 Å². The van der Waals surface area contributed by atoms with Gasteiger partial charge in [-0.1, -0.05) is 17.7 Å². The van der Waals surface area contributed by atoms with Gasteiger partial charge in [-0.15, -0.1) is 0 Å². The molecule has 3 nitrogen and oxygen atoms in total. The Morgan fingerprint density at radius 2 is 2.00 bits per heavy atom. The van der Waals surface area contributed by atoms with Crippen molar-refractivity contribution in [1.82, 2.24) is 4.98 Å². The lowest BCUT2D eigenvalue weighted by molar-refractivity contribution is 0.0980.